The van der Waals surface area contributed by atoms with E-state index in [1.54, 1.807) is 0 Å². The van der Waals surface area contributed by atoms with Crippen LogP contribution in [0.15, 0.2) is 0 Å². The molecular weight excluding hydrogens is 218 g/mol. The zero-order valence-electron chi connectivity index (χ0n) is 10.7. The predicted molar refractivity (Wildman–Crippen MR) is 64.4 cm³/mol. The summed E-state index contributed by atoms with van der Waals surface area (Å²) in [6.07, 6.45) is 2.54. The lowest BCUT2D eigenvalue weighted by Gasteiger charge is -2.38. The van der Waals surface area contributed by atoms with Crippen LogP contribution in [0, 0.1) is 5.41 Å². The number of likely N-dealkylation sites (N-methyl/N-ethyl adjacent to an activating group) is 1. The molecule has 1 N–H and O–H groups in total. The van der Waals surface area contributed by atoms with E-state index in [9.17, 15) is 9.59 Å². The van der Waals surface area contributed by atoms with Crippen LogP contribution in [-0.2, 0) is 9.59 Å². The quantitative estimate of drug-likeness (QED) is 0.718. The Morgan fingerprint density at radius 3 is 2.53 bits per heavy atom. The molecule has 5 nitrogen and oxygen atoms in total. The number of hydrogen-bond acceptors (Lipinski definition) is 3. The summed E-state index contributed by atoms with van der Waals surface area (Å²) in [7, 11) is 3.81. The third-order valence-corrected chi connectivity index (χ3v) is 3.82. The monoisotopic (exact) mass is 239 g/mol. The molecule has 96 valence electrons. The highest BCUT2D eigenvalue weighted by molar-refractivity contribution is 5.80. The van der Waals surface area contributed by atoms with Gasteiger partial charge in [-0.25, -0.2) is 0 Å². The second-order valence-electron chi connectivity index (χ2n) is 5.57. The SMILES string of the molecule is CN(C)CC(=O)N1CCC2(CC1)CNC(=O)C2. The lowest BCUT2D eigenvalue weighted by atomic mass is 9.77. The van der Waals surface area contributed by atoms with Crippen molar-refractivity contribution >= 4 is 11.8 Å². The highest BCUT2D eigenvalue weighted by Gasteiger charge is 2.41. The molecule has 0 saturated carbocycles. The van der Waals surface area contributed by atoms with Gasteiger partial charge < -0.3 is 15.1 Å². The van der Waals surface area contributed by atoms with Crippen molar-refractivity contribution in [2.24, 2.45) is 5.41 Å². The van der Waals surface area contributed by atoms with Crippen LogP contribution >= 0.6 is 0 Å². The molecular formula is C12H21N3O2. The summed E-state index contributed by atoms with van der Waals surface area (Å²) in [5, 5.41) is 2.91. The number of piperidine rings is 1. The maximum Gasteiger partial charge on any atom is 0.236 e. The molecule has 0 bridgehead atoms. The van der Waals surface area contributed by atoms with Crippen LogP contribution in [0.4, 0.5) is 0 Å². The zero-order chi connectivity index (χ0) is 12.5. The maximum atomic E-state index is 11.9. The lowest BCUT2D eigenvalue weighted by molar-refractivity contribution is -0.134. The van der Waals surface area contributed by atoms with Crippen LogP contribution in [-0.4, -0.2) is 61.9 Å². The van der Waals surface area contributed by atoms with E-state index in [4.69, 9.17) is 0 Å². The number of nitrogens with one attached hydrogen (secondary N) is 1. The number of amides is 2. The van der Waals surface area contributed by atoms with E-state index in [0.29, 0.717) is 13.0 Å². The van der Waals surface area contributed by atoms with Crippen LogP contribution in [0.2, 0.25) is 0 Å². The second-order valence-corrected chi connectivity index (χ2v) is 5.57. The predicted octanol–water partition coefficient (Wildman–Crippen LogP) is -0.323. The minimum absolute atomic E-state index is 0.131. The fourth-order valence-electron chi connectivity index (χ4n) is 2.71. The molecule has 1 spiro atoms. The Morgan fingerprint density at radius 2 is 2.06 bits per heavy atom. The molecule has 0 aromatic carbocycles. The molecule has 17 heavy (non-hydrogen) atoms. The Morgan fingerprint density at radius 1 is 1.41 bits per heavy atom. The van der Waals surface area contributed by atoms with Crippen LogP contribution in [0.3, 0.4) is 0 Å². The largest absolute Gasteiger partial charge is 0.356 e. The van der Waals surface area contributed by atoms with Gasteiger partial charge in [-0.15, -0.1) is 0 Å². The fraction of sp³-hybridized carbons (Fsp3) is 0.833. The number of hydrogen-bond donors (Lipinski definition) is 1. The van der Waals surface area contributed by atoms with Gasteiger partial charge in [-0.1, -0.05) is 0 Å². The molecule has 2 aliphatic heterocycles. The number of carbonyl (C=O) groups is 2. The molecule has 2 aliphatic rings. The summed E-state index contributed by atoms with van der Waals surface area (Å²) in [4.78, 5) is 27.0. The van der Waals surface area contributed by atoms with E-state index in [-0.39, 0.29) is 17.2 Å². The Labute approximate surface area is 102 Å². The first kappa shape index (κ1) is 12.4. The number of carbonyl (C=O) groups excluding carboxylic acids is 2. The molecule has 2 saturated heterocycles. The van der Waals surface area contributed by atoms with Crippen LogP contribution in [0.25, 0.3) is 0 Å². The van der Waals surface area contributed by atoms with Crippen molar-refractivity contribution in [3.05, 3.63) is 0 Å². The van der Waals surface area contributed by atoms with Crippen molar-refractivity contribution in [1.82, 2.24) is 15.1 Å². The topological polar surface area (TPSA) is 52.7 Å². The van der Waals surface area contributed by atoms with Gasteiger partial charge in [0.25, 0.3) is 0 Å². The van der Waals surface area contributed by atoms with E-state index in [2.05, 4.69) is 5.32 Å². The van der Waals surface area contributed by atoms with E-state index in [1.165, 1.54) is 0 Å². The molecule has 2 fully saturated rings. The molecule has 2 heterocycles. The van der Waals surface area contributed by atoms with E-state index in [1.807, 2.05) is 23.9 Å². The van der Waals surface area contributed by atoms with E-state index in [0.717, 1.165) is 32.5 Å². The van der Waals surface area contributed by atoms with Crippen molar-refractivity contribution < 1.29 is 9.59 Å². The molecule has 0 aromatic heterocycles. The van der Waals surface area contributed by atoms with Crippen molar-refractivity contribution in [3.63, 3.8) is 0 Å². The fourth-order valence-corrected chi connectivity index (χ4v) is 2.71. The van der Waals surface area contributed by atoms with E-state index >= 15 is 0 Å². The first-order valence-electron chi connectivity index (χ1n) is 6.20. The van der Waals surface area contributed by atoms with Crippen LogP contribution in [0.5, 0.6) is 0 Å². The molecule has 0 aliphatic carbocycles. The average molecular weight is 239 g/mol. The lowest BCUT2D eigenvalue weighted by Crippen LogP contribution is -2.46. The van der Waals surface area contributed by atoms with Gasteiger partial charge in [0.05, 0.1) is 6.54 Å². The summed E-state index contributed by atoms with van der Waals surface area (Å²) in [5.74, 6) is 0.361. The summed E-state index contributed by atoms with van der Waals surface area (Å²) in [6.45, 7) is 2.86. The van der Waals surface area contributed by atoms with Crippen molar-refractivity contribution in [1.29, 1.82) is 0 Å². The van der Waals surface area contributed by atoms with Crippen molar-refractivity contribution in [2.75, 3.05) is 40.3 Å². The molecule has 0 aromatic rings. The summed E-state index contributed by atoms with van der Waals surface area (Å²) in [6, 6.07) is 0. The van der Waals surface area contributed by atoms with Crippen molar-refractivity contribution in [3.8, 4) is 0 Å². The van der Waals surface area contributed by atoms with Gasteiger partial charge in [0.15, 0.2) is 0 Å². The van der Waals surface area contributed by atoms with E-state index < -0.39 is 0 Å². The molecule has 5 heteroatoms. The summed E-state index contributed by atoms with van der Waals surface area (Å²) < 4.78 is 0. The molecule has 0 radical (unpaired) electrons. The summed E-state index contributed by atoms with van der Waals surface area (Å²) >= 11 is 0. The Kier molecular flexibility index (Phi) is 3.38. The second kappa shape index (κ2) is 4.64. The van der Waals surface area contributed by atoms with Gasteiger partial charge in [-0.3, -0.25) is 9.59 Å². The minimum Gasteiger partial charge on any atom is -0.356 e. The Bertz CT molecular complexity index is 320. The van der Waals surface area contributed by atoms with Gasteiger partial charge in [0.2, 0.25) is 11.8 Å². The highest BCUT2D eigenvalue weighted by Crippen LogP contribution is 2.37. The average Bonchev–Trinajstić information content (AvgIpc) is 2.60. The Hall–Kier alpha value is -1.10. The third kappa shape index (κ3) is 2.77. The van der Waals surface area contributed by atoms with Gasteiger partial charge in [-0.05, 0) is 32.4 Å². The first-order valence-corrected chi connectivity index (χ1v) is 6.20. The third-order valence-electron chi connectivity index (χ3n) is 3.82. The molecule has 0 unspecified atom stereocenters. The smallest absolute Gasteiger partial charge is 0.236 e. The van der Waals surface area contributed by atoms with Crippen LogP contribution in [0.1, 0.15) is 19.3 Å². The number of likely N-dealkylation sites (tertiary alicyclic amines) is 1. The van der Waals surface area contributed by atoms with Gasteiger partial charge >= 0.3 is 0 Å². The van der Waals surface area contributed by atoms with Crippen LogP contribution < -0.4 is 5.32 Å². The van der Waals surface area contributed by atoms with Gasteiger partial charge in [0.1, 0.15) is 0 Å². The molecule has 2 amide bonds. The van der Waals surface area contributed by atoms with Crippen molar-refractivity contribution in [2.45, 2.75) is 19.3 Å². The maximum absolute atomic E-state index is 11.9. The first-order chi connectivity index (χ1) is 8.01. The molecule has 2 rings (SSSR count). The summed E-state index contributed by atoms with van der Waals surface area (Å²) in [5.41, 5.74) is 0.131. The standard InChI is InChI=1S/C12H21N3O2/c1-14(2)8-11(17)15-5-3-12(4-6-15)7-10(16)13-9-12/h3-9H2,1-2H3,(H,13,16). The highest BCUT2D eigenvalue weighted by atomic mass is 16.2. The number of nitrogens with zero attached hydrogens (tertiary/aromatic N) is 2. The Balaban J connectivity index is 1.86. The zero-order valence-corrected chi connectivity index (χ0v) is 10.7. The molecule has 0 atom stereocenters. The normalized spacial score (nSPS) is 23.2. The van der Waals surface area contributed by atoms with Gasteiger partial charge in [-0.2, -0.15) is 0 Å². The van der Waals surface area contributed by atoms with Gasteiger partial charge in [0, 0.05) is 26.1 Å². The number of rotatable bonds is 2. The minimum atomic E-state index is 0.131.